The van der Waals surface area contributed by atoms with Gasteiger partial charge in [0.25, 0.3) is 0 Å². The van der Waals surface area contributed by atoms with Gasteiger partial charge >= 0.3 is 6.03 Å². The Kier molecular flexibility index (Phi) is 5.15. The number of thiocarbonyl (C=S) groups is 1. The van der Waals surface area contributed by atoms with Crippen molar-refractivity contribution in [2.24, 2.45) is 0 Å². The van der Waals surface area contributed by atoms with Crippen molar-refractivity contribution in [1.82, 2.24) is 16.0 Å². The third kappa shape index (κ3) is 4.07. The summed E-state index contributed by atoms with van der Waals surface area (Å²) in [7, 11) is 0. The molecule has 4 rings (SSSR count). The molecule has 7 heteroatoms. The Morgan fingerprint density at radius 3 is 2.18 bits per heavy atom. The first-order valence-corrected chi connectivity index (χ1v) is 10.6. The molecule has 1 aromatic rings. The number of hydrogen-bond acceptors (Lipinski definition) is 3. The molecule has 4 N–H and O–H groups in total. The van der Waals surface area contributed by atoms with Crippen LogP contribution in [0.2, 0.25) is 0 Å². The molecule has 6 nitrogen and oxygen atoms in total. The first-order chi connectivity index (χ1) is 13.5. The van der Waals surface area contributed by atoms with Crippen molar-refractivity contribution in [2.45, 2.75) is 74.9 Å². The van der Waals surface area contributed by atoms with E-state index in [0.717, 1.165) is 44.2 Å². The standard InChI is InChI=1S/C21H27N5OS/c22-14-15-6-8-17(9-7-15)24-19(28)26-21(12-13-21)20(10-11-20)25-18(27)23-16-4-2-1-3-5-16/h6-9,16H,1-5,10-13H2,(H2,23,25,27)(H2,24,26,28). The number of rotatable bonds is 5. The highest BCUT2D eigenvalue weighted by Crippen LogP contribution is 2.57. The van der Waals surface area contributed by atoms with Crippen LogP contribution in [0.5, 0.6) is 0 Å². The molecule has 0 aromatic heterocycles. The van der Waals surface area contributed by atoms with Crippen molar-refractivity contribution < 1.29 is 4.79 Å². The Morgan fingerprint density at radius 1 is 1.00 bits per heavy atom. The molecule has 0 spiro atoms. The van der Waals surface area contributed by atoms with E-state index < -0.39 is 0 Å². The first kappa shape index (κ1) is 19.0. The minimum absolute atomic E-state index is 0.0385. The summed E-state index contributed by atoms with van der Waals surface area (Å²) < 4.78 is 0. The molecule has 3 saturated carbocycles. The minimum atomic E-state index is -0.192. The molecular formula is C21H27N5OS. The van der Waals surface area contributed by atoms with Crippen LogP contribution >= 0.6 is 12.2 Å². The molecule has 0 aliphatic heterocycles. The average molecular weight is 398 g/mol. The molecule has 1 aromatic carbocycles. The van der Waals surface area contributed by atoms with Gasteiger partial charge in [0, 0.05) is 11.7 Å². The topological polar surface area (TPSA) is 89.0 Å². The van der Waals surface area contributed by atoms with E-state index in [1.165, 1.54) is 19.3 Å². The van der Waals surface area contributed by atoms with E-state index in [1.807, 2.05) is 12.1 Å². The number of urea groups is 1. The lowest BCUT2D eigenvalue weighted by molar-refractivity contribution is 0.222. The maximum absolute atomic E-state index is 12.6. The zero-order valence-electron chi connectivity index (χ0n) is 16.0. The molecule has 28 heavy (non-hydrogen) atoms. The minimum Gasteiger partial charge on any atom is -0.355 e. The SMILES string of the molecule is N#Cc1ccc(NC(=S)NC2(C3(NC(=O)NC4CCCCC4)CC3)CC2)cc1. The van der Waals surface area contributed by atoms with Crippen LogP contribution in [0.1, 0.15) is 63.4 Å². The number of nitriles is 1. The van der Waals surface area contributed by atoms with Crippen LogP contribution in [-0.4, -0.2) is 28.3 Å². The van der Waals surface area contributed by atoms with Gasteiger partial charge in [-0.3, -0.25) is 0 Å². The second kappa shape index (κ2) is 7.59. The largest absolute Gasteiger partial charge is 0.355 e. The average Bonchev–Trinajstić information content (AvgIpc) is 3.61. The molecule has 0 unspecified atom stereocenters. The smallest absolute Gasteiger partial charge is 0.315 e. The predicted molar refractivity (Wildman–Crippen MR) is 113 cm³/mol. The maximum atomic E-state index is 12.6. The molecule has 0 radical (unpaired) electrons. The lowest BCUT2D eigenvalue weighted by Crippen LogP contribution is -2.59. The summed E-state index contributed by atoms with van der Waals surface area (Å²) in [5.41, 5.74) is 1.13. The number of nitrogens with zero attached hydrogens (tertiary/aromatic N) is 1. The van der Waals surface area contributed by atoms with Gasteiger partial charge in [0.2, 0.25) is 0 Å². The fourth-order valence-corrected chi connectivity index (χ4v) is 4.70. The number of hydrogen-bond donors (Lipinski definition) is 4. The Labute approximate surface area is 171 Å². The van der Waals surface area contributed by atoms with E-state index in [4.69, 9.17) is 17.5 Å². The van der Waals surface area contributed by atoms with Crippen LogP contribution < -0.4 is 21.3 Å². The number of benzene rings is 1. The molecule has 0 saturated heterocycles. The lowest BCUT2D eigenvalue weighted by atomic mass is 9.95. The molecule has 148 valence electrons. The Hall–Kier alpha value is -2.33. The van der Waals surface area contributed by atoms with Crippen molar-refractivity contribution >= 4 is 29.0 Å². The van der Waals surface area contributed by atoms with Crippen LogP contribution in [0.25, 0.3) is 0 Å². The van der Waals surface area contributed by atoms with Gasteiger partial charge in [0.05, 0.1) is 22.7 Å². The molecule has 3 fully saturated rings. The third-order valence-electron chi connectivity index (χ3n) is 6.33. The van der Waals surface area contributed by atoms with E-state index in [-0.39, 0.29) is 17.1 Å². The quantitative estimate of drug-likeness (QED) is 0.571. The number of amides is 2. The van der Waals surface area contributed by atoms with Crippen molar-refractivity contribution in [3.05, 3.63) is 29.8 Å². The van der Waals surface area contributed by atoms with Crippen LogP contribution in [0.4, 0.5) is 10.5 Å². The van der Waals surface area contributed by atoms with Gasteiger partial charge in [-0.2, -0.15) is 5.26 Å². The fraction of sp³-hybridized carbons (Fsp3) is 0.571. The van der Waals surface area contributed by atoms with Gasteiger partial charge in [-0.05, 0) is 75.0 Å². The van der Waals surface area contributed by atoms with Crippen LogP contribution in [0.3, 0.4) is 0 Å². The second-order valence-electron chi connectivity index (χ2n) is 8.37. The predicted octanol–water partition coefficient (Wildman–Crippen LogP) is 3.54. The Bertz CT molecular complexity index is 786. The number of nitrogens with one attached hydrogen (secondary N) is 4. The monoisotopic (exact) mass is 397 g/mol. The first-order valence-electron chi connectivity index (χ1n) is 10.2. The van der Waals surface area contributed by atoms with Gasteiger partial charge in [-0.1, -0.05) is 19.3 Å². The molecule has 3 aliphatic rings. The summed E-state index contributed by atoms with van der Waals surface area (Å²) in [5, 5.41) is 22.5. The third-order valence-corrected chi connectivity index (χ3v) is 6.54. The Morgan fingerprint density at radius 2 is 1.61 bits per heavy atom. The van der Waals surface area contributed by atoms with Crippen molar-refractivity contribution in [1.29, 1.82) is 5.26 Å². The van der Waals surface area contributed by atoms with Crippen molar-refractivity contribution in [3.8, 4) is 6.07 Å². The molecule has 0 heterocycles. The highest BCUT2D eigenvalue weighted by Gasteiger charge is 2.67. The highest BCUT2D eigenvalue weighted by molar-refractivity contribution is 7.80. The Balaban J connectivity index is 1.31. The van der Waals surface area contributed by atoms with Crippen LogP contribution in [0, 0.1) is 11.3 Å². The van der Waals surface area contributed by atoms with E-state index >= 15 is 0 Å². The van der Waals surface area contributed by atoms with Crippen LogP contribution in [0.15, 0.2) is 24.3 Å². The van der Waals surface area contributed by atoms with Gasteiger partial charge in [-0.15, -0.1) is 0 Å². The van der Waals surface area contributed by atoms with Crippen molar-refractivity contribution in [2.75, 3.05) is 5.32 Å². The summed E-state index contributed by atoms with van der Waals surface area (Å²) >= 11 is 5.51. The summed E-state index contributed by atoms with van der Waals surface area (Å²) in [6, 6.07) is 9.59. The summed E-state index contributed by atoms with van der Waals surface area (Å²) in [5.74, 6) is 0. The molecule has 3 aliphatic carbocycles. The molecule has 0 atom stereocenters. The maximum Gasteiger partial charge on any atom is 0.315 e. The number of carbonyl (C=O) groups is 1. The highest BCUT2D eigenvalue weighted by atomic mass is 32.1. The van der Waals surface area contributed by atoms with Gasteiger partial charge < -0.3 is 21.3 Å². The zero-order chi connectivity index (χ0) is 19.6. The van der Waals surface area contributed by atoms with Crippen molar-refractivity contribution in [3.63, 3.8) is 0 Å². The van der Waals surface area contributed by atoms with Gasteiger partial charge in [0.15, 0.2) is 5.11 Å². The number of carbonyl (C=O) groups excluding carboxylic acids is 1. The summed E-state index contributed by atoms with van der Waals surface area (Å²) in [6.07, 6.45) is 9.84. The molecule has 0 bridgehead atoms. The van der Waals surface area contributed by atoms with E-state index in [2.05, 4.69) is 27.3 Å². The second-order valence-corrected chi connectivity index (χ2v) is 8.77. The van der Waals surface area contributed by atoms with E-state index in [1.54, 1.807) is 12.1 Å². The summed E-state index contributed by atoms with van der Waals surface area (Å²) in [4.78, 5) is 12.6. The van der Waals surface area contributed by atoms with Gasteiger partial charge in [0.1, 0.15) is 0 Å². The van der Waals surface area contributed by atoms with E-state index in [9.17, 15) is 4.79 Å². The van der Waals surface area contributed by atoms with Crippen LogP contribution in [-0.2, 0) is 0 Å². The molecule has 2 amide bonds. The lowest BCUT2D eigenvalue weighted by Gasteiger charge is -2.31. The fourth-order valence-electron chi connectivity index (χ4n) is 4.39. The summed E-state index contributed by atoms with van der Waals surface area (Å²) in [6.45, 7) is 0. The molecular weight excluding hydrogens is 370 g/mol. The normalized spacial score (nSPS) is 21.7. The zero-order valence-corrected chi connectivity index (χ0v) is 16.8. The van der Waals surface area contributed by atoms with E-state index in [0.29, 0.717) is 16.7 Å². The van der Waals surface area contributed by atoms with Gasteiger partial charge in [-0.25, -0.2) is 4.79 Å². The number of anilines is 1.